The van der Waals surface area contributed by atoms with E-state index in [1.807, 2.05) is 30.3 Å². The molecule has 8 heteroatoms. The van der Waals surface area contributed by atoms with Crippen LogP contribution in [-0.4, -0.2) is 56.8 Å². The van der Waals surface area contributed by atoms with Gasteiger partial charge in [-0.1, -0.05) is 55.1 Å². The third-order valence-electron chi connectivity index (χ3n) is 10.3. The summed E-state index contributed by atoms with van der Waals surface area (Å²) >= 11 is 6.25. The van der Waals surface area contributed by atoms with Crippen molar-refractivity contribution in [3.63, 3.8) is 0 Å². The number of carboxylic acids is 1. The van der Waals surface area contributed by atoms with Crippen molar-refractivity contribution in [1.29, 1.82) is 0 Å². The average Bonchev–Trinajstić information content (AvgIpc) is 3.82. The van der Waals surface area contributed by atoms with Crippen LogP contribution in [0, 0.1) is 0 Å². The van der Waals surface area contributed by atoms with Gasteiger partial charge in [0.2, 0.25) is 0 Å². The number of halogens is 1. The van der Waals surface area contributed by atoms with Gasteiger partial charge in [-0.3, -0.25) is 0 Å². The number of carboxylic acid groups (broad SMARTS) is 1. The van der Waals surface area contributed by atoms with Crippen LogP contribution in [0.25, 0.3) is 55.7 Å². The molecular weight excluding hydrogens is 644 g/mol. The quantitative estimate of drug-likeness (QED) is 0.145. The van der Waals surface area contributed by atoms with Crippen LogP contribution in [0.3, 0.4) is 0 Å². The van der Waals surface area contributed by atoms with Crippen LogP contribution in [0.2, 0.25) is 5.02 Å². The minimum Gasteiger partial charge on any atom is -0.494 e. The van der Waals surface area contributed by atoms with Gasteiger partial charge >= 0.3 is 5.97 Å². The Kier molecular flexibility index (Phi) is 9.26. The number of ether oxygens (including phenoxy) is 1. The van der Waals surface area contributed by atoms with Gasteiger partial charge in [0.05, 0.1) is 34.4 Å². The van der Waals surface area contributed by atoms with Gasteiger partial charge in [-0.05, 0) is 123 Å². The van der Waals surface area contributed by atoms with E-state index in [9.17, 15) is 9.90 Å². The molecule has 0 amide bonds. The maximum atomic E-state index is 11.8. The van der Waals surface area contributed by atoms with Crippen molar-refractivity contribution in [2.45, 2.75) is 57.4 Å². The van der Waals surface area contributed by atoms with E-state index in [2.05, 4.69) is 58.0 Å². The standard InChI is InChI=1S/C42H41ClN4O3/c43-32-14-9-28(10-15-32)35-17-16-34(50-24-6-23-46-21-4-5-22-46)27-36(35)38-19-11-29-25-30(12-18-37(29)44-38)41-45-39-26-31(42(48)49)13-20-40(39)47(41)33-7-2-1-3-8-33/h9-20,25-27,33H,1-8,21-24H2,(H,48,49). The lowest BCUT2D eigenvalue weighted by atomic mass is 9.94. The highest BCUT2D eigenvalue weighted by atomic mass is 35.5. The molecule has 0 unspecified atom stereocenters. The number of nitrogens with zero attached hydrogens (tertiary/aromatic N) is 4. The number of likely N-dealkylation sites (tertiary alicyclic amines) is 1. The predicted octanol–water partition coefficient (Wildman–Crippen LogP) is 10.3. The molecule has 2 fully saturated rings. The van der Waals surface area contributed by atoms with E-state index in [-0.39, 0.29) is 5.56 Å². The fourth-order valence-corrected chi connectivity index (χ4v) is 7.88. The van der Waals surface area contributed by atoms with Gasteiger partial charge in [0.1, 0.15) is 11.6 Å². The number of hydrogen-bond donors (Lipinski definition) is 1. The molecule has 2 aromatic heterocycles. The largest absolute Gasteiger partial charge is 0.494 e. The van der Waals surface area contributed by atoms with E-state index >= 15 is 0 Å². The van der Waals surface area contributed by atoms with Crippen LogP contribution in [-0.2, 0) is 0 Å². The number of aromatic carboxylic acids is 1. The SMILES string of the molecule is O=C(O)c1ccc2c(c1)nc(-c1ccc3nc(-c4cc(OCCCN5CCCC5)ccc4-c4ccc(Cl)cc4)ccc3c1)n2C1CCCCC1. The smallest absolute Gasteiger partial charge is 0.335 e. The van der Waals surface area contributed by atoms with Crippen molar-refractivity contribution in [1.82, 2.24) is 19.4 Å². The molecule has 6 aromatic rings. The van der Waals surface area contributed by atoms with Crippen LogP contribution in [0.1, 0.15) is 67.8 Å². The zero-order valence-electron chi connectivity index (χ0n) is 28.2. The Bertz CT molecular complexity index is 2160. The maximum Gasteiger partial charge on any atom is 0.335 e. The molecule has 1 saturated carbocycles. The van der Waals surface area contributed by atoms with Crippen molar-refractivity contribution >= 4 is 39.5 Å². The molecule has 0 bridgehead atoms. The number of fused-ring (bicyclic) bond motifs is 2. The van der Waals surface area contributed by atoms with Gasteiger partial charge in [-0.25, -0.2) is 14.8 Å². The number of hydrogen-bond acceptors (Lipinski definition) is 5. The molecule has 0 radical (unpaired) electrons. The van der Waals surface area contributed by atoms with E-state index < -0.39 is 5.97 Å². The first-order chi connectivity index (χ1) is 24.5. The van der Waals surface area contributed by atoms with E-state index in [1.54, 1.807) is 12.1 Å². The molecule has 1 saturated heterocycles. The second-order valence-corrected chi connectivity index (χ2v) is 14.1. The highest BCUT2D eigenvalue weighted by Gasteiger charge is 2.23. The Labute approximate surface area is 297 Å². The number of benzene rings is 4. The van der Waals surface area contributed by atoms with E-state index in [4.69, 9.17) is 26.3 Å². The molecule has 8 rings (SSSR count). The lowest BCUT2D eigenvalue weighted by Crippen LogP contribution is -2.21. The summed E-state index contributed by atoms with van der Waals surface area (Å²) in [6.07, 6.45) is 9.40. The molecule has 1 N–H and O–H groups in total. The van der Waals surface area contributed by atoms with Gasteiger partial charge < -0.3 is 19.3 Å². The minimum atomic E-state index is -0.943. The fourth-order valence-electron chi connectivity index (χ4n) is 7.75. The van der Waals surface area contributed by atoms with Crippen molar-refractivity contribution in [2.24, 2.45) is 0 Å². The molecule has 7 nitrogen and oxygen atoms in total. The summed E-state index contributed by atoms with van der Waals surface area (Å²) in [5.41, 5.74) is 7.84. The number of aromatic nitrogens is 3. The lowest BCUT2D eigenvalue weighted by Gasteiger charge is -2.25. The minimum absolute atomic E-state index is 0.252. The van der Waals surface area contributed by atoms with Crippen molar-refractivity contribution in [3.05, 3.63) is 102 Å². The van der Waals surface area contributed by atoms with Crippen LogP contribution in [0.15, 0.2) is 91.0 Å². The molecule has 4 aromatic carbocycles. The highest BCUT2D eigenvalue weighted by Crippen LogP contribution is 2.39. The Balaban J connectivity index is 1.14. The van der Waals surface area contributed by atoms with Crippen molar-refractivity contribution in [3.8, 4) is 39.5 Å². The summed E-state index contributed by atoms with van der Waals surface area (Å²) in [4.78, 5) is 24.5. The monoisotopic (exact) mass is 684 g/mol. The average molecular weight is 685 g/mol. The summed E-state index contributed by atoms with van der Waals surface area (Å²) in [5.74, 6) is 0.770. The first kappa shape index (κ1) is 32.5. The van der Waals surface area contributed by atoms with Crippen LogP contribution >= 0.6 is 11.6 Å². The van der Waals surface area contributed by atoms with Gasteiger partial charge in [0, 0.05) is 34.1 Å². The first-order valence-corrected chi connectivity index (χ1v) is 18.3. The predicted molar refractivity (Wildman–Crippen MR) is 201 cm³/mol. The molecule has 1 aliphatic heterocycles. The third kappa shape index (κ3) is 6.72. The number of carbonyl (C=O) groups is 1. The zero-order valence-corrected chi connectivity index (χ0v) is 28.9. The summed E-state index contributed by atoms with van der Waals surface area (Å²) in [6.45, 7) is 4.14. The maximum absolute atomic E-state index is 11.8. The second kappa shape index (κ2) is 14.3. The van der Waals surface area contributed by atoms with E-state index in [1.165, 1.54) is 45.2 Å². The van der Waals surface area contributed by atoms with Gasteiger partial charge in [0.25, 0.3) is 0 Å². The molecule has 1 aliphatic carbocycles. The summed E-state index contributed by atoms with van der Waals surface area (Å²) < 4.78 is 8.62. The molecule has 3 heterocycles. The van der Waals surface area contributed by atoms with Crippen LogP contribution < -0.4 is 4.74 Å². The fraction of sp³-hybridized carbons (Fsp3) is 0.310. The Morgan fingerprint density at radius 1 is 0.780 bits per heavy atom. The number of imidazole rings is 1. The topological polar surface area (TPSA) is 80.5 Å². The van der Waals surface area contributed by atoms with Gasteiger partial charge in [0.15, 0.2) is 0 Å². The lowest BCUT2D eigenvalue weighted by molar-refractivity contribution is 0.0697. The Hall–Kier alpha value is -4.72. The normalized spacial score (nSPS) is 15.6. The van der Waals surface area contributed by atoms with Gasteiger partial charge in [-0.2, -0.15) is 0 Å². The zero-order chi connectivity index (χ0) is 34.0. The van der Waals surface area contributed by atoms with Gasteiger partial charge in [-0.15, -0.1) is 0 Å². The molecule has 0 spiro atoms. The highest BCUT2D eigenvalue weighted by molar-refractivity contribution is 6.30. The van der Waals surface area contributed by atoms with E-state index in [0.29, 0.717) is 23.2 Å². The van der Waals surface area contributed by atoms with E-state index in [0.717, 1.165) is 81.7 Å². The Morgan fingerprint density at radius 3 is 2.38 bits per heavy atom. The Morgan fingerprint density at radius 2 is 1.58 bits per heavy atom. The van der Waals surface area contributed by atoms with Crippen LogP contribution in [0.5, 0.6) is 5.75 Å². The number of rotatable bonds is 10. The van der Waals surface area contributed by atoms with Crippen molar-refractivity contribution in [2.75, 3.05) is 26.2 Å². The second-order valence-electron chi connectivity index (χ2n) is 13.7. The summed E-state index contributed by atoms with van der Waals surface area (Å²) in [6, 6.07) is 30.4. The number of pyridine rings is 1. The van der Waals surface area contributed by atoms with Crippen LogP contribution in [0.4, 0.5) is 0 Å². The third-order valence-corrected chi connectivity index (χ3v) is 10.6. The summed E-state index contributed by atoms with van der Waals surface area (Å²) in [5, 5.41) is 11.4. The molecule has 2 aliphatic rings. The molecular formula is C42H41ClN4O3. The molecule has 0 atom stereocenters. The molecule has 254 valence electrons. The summed E-state index contributed by atoms with van der Waals surface area (Å²) in [7, 11) is 0. The molecule has 50 heavy (non-hydrogen) atoms. The first-order valence-electron chi connectivity index (χ1n) is 17.9. The van der Waals surface area contributed by atoms with Crippen molar-refractivity contribution < 1.29 is 14.6 Å².